The van der Waals surface area contributed by atoms with Crippen LogP contribution in [0.2, 0.25) is 0 Å². The van der Waals surface area contributed by atoms with Gasteiger partial charge < -0.3 is 21.3 Å². The van der Waals surface area contributed by atoms with Crippen molar-refractivity contribution in [3.8, 4) is 0 Å². The zero-order chi connectivity index (χ0) is 14.8. The van der Waals surface area contributed by atoms with Crippen LogP contribution < -0.4 is 27.1 Å². The number of hydrogen-bond acceptors (Lipinski definition) is 6. The Balaban J connectivity index is 0. The maximum absolute atomic E-state index is 9.50. The molecular weight excluding hydrogens is 247 g/mol. The first-order valence-corrected chi connectivity index (χ1v) is 6.94. The second-order valence-corrected chi connectivity index (χ2v) is 4.08. The summed E-state index contributed by atoms with van der Waals surface area (Å²) < 4.78 is 9.50. The van der Waals surface area contributed by atoms with E-state index in [1.807, 2.05) is 7.05 Å². The lowest BCUT2D eigenvalue weighted by atomic mass is 10.5. The van der Waals surface area contributed by atoms with Gasteiger partial charge in [0.2, 0.25) is 0 Å². The summed E-state index contributed by atoms with van der Waals surface area (Å²) in [6.45, 7) is 11.1. The van der Waals surface area contributed by atoms with Gasteiger partial charge in [0.15, 0.2) is 0 Å². The van der Waals surface area contributed by atoms with E-state index in [4.69, 9.17) is 5.84 Å². The molecule has 6 N–H and O–H groups in total. The SMILES string of the molecule is CCNCCNCCNCCNCCN(C)N.CF. The van der Waals surface area contributed by atoms with Crippen molar-refractivity contribution in [3.05, 3.63) is 0 Å². The molecule has 0 aliphatic carbocycles. The molecule has 0 unspecified atom stereocenters. The van der Waals surface area contributed by atoms with Crippen LogP contribution in [0.4, 0.5) is 4.39 Å². The van der Waals surface area contributed by atoms with Crippen LogP contribution >= 0.6 is 0 Å². The van der Waals surface area contributed by atoms with Gasteiger partial charge in [-0.25, -0.2) is 5.01 Å². The van der Waals surface area contributed by atoms with Gasteiger partial charge >= 0.3 is 0 Å². The number of rotatable bonds is 13. The third-order valence-corrected chi connectivity index (χ3v) is 2.33. The van der Waals surface area contributed by atoms with E-state index in [2.05, 4.69) is 28.2 Å². The number of nitrogens with zero attached hydrogens (tertiary/aromatic N) is 1. The van der Waals surface area contributed by atoms with Gasteiger partial charge in [-0.3, -0.25) is 10.2 Å². The zero-order valence-corrected chi connectivity index (χ0v) is 12.8. The quantitative estimate of drug-likeness (QED) is 0.165. The van der Waals surface area contributed by atoms with Crippen LogP contribution in [-0.4, -0.2) is 78.1 Å². The Bertz CT molecular complexity index is 148. The number of likely N-dealkylation sites (N-methyl/N-ethyl adjacent to an activating group) is 2. The molecule has 0 heterocycles. The van der Waals surface area contributed by atoms with Crippen molar-refractivity contribution in [1.29, 1.82) is 0 Å². The van der Waals surface area contributed by atoms with Crippen LogP contribution in [0.25, 0.3) is 0 Å². The summed E-state index contributed by atoms with van der Waals surface area (Å²) in [5.74, 6) is 5.49. The van der Waals surface area contributed by atoms with Gasteiger partial charge in [0.05, 0.1) is 7.18 Å². The Labute approximate surface area is 117 Å². The number of hydrogen-bond donors (Lipinski definition) is 5. The summed E-state index contributed by atoms with van der Waals surface area (Å²) in [4.78, 5) is 0. The maximum Gasteiger partial charge on any atom is 0.0785 e. The summed E-state index contributed by atoms with van der Waals surface area (Å²) >= 11 is 0. The van der Waals surface area contributed by atoms with Crippen molar-refractivity contribution in [2.45, 2.75) is 6.92 Å². The lowest BCUT2D eigenvalue weighted by Crippen LogP contribution is -2.38. The van der Waals surface area contributed by atoms with Crippen LogP contribution in [0.1, 0.15) is 6.92 Å². The molecule has 0 fully saturated rings. The van der Waals surface area contributed by atoms with Gasteiger partial charge in [-0.2, -0.15) is 0 Å². The van der Waals surface area contributed by atoms with Gasteiger partial charge in [-0.05, 0) is 6.54 Å². The highest BCUT2D eigenvalue weighted by molar-refractivity contribution is 4.56. The van der Waals surface area contributed by atoms with E-state index in [1.54, 1.807) is 5.01 Å². The minimum absolute atomic E-state index is 0.500. The van der Waals surface area contributed by atoms with Crippen LogP contribution in [0.15, 0.2) is 0 Å². The summed E-state index contributed by atoms with van der Waals surface area (Å²) in [5, 5.41) is 15.0. The summed E-state index contributed by atoms with van der Waals surface area (Å²) in [5.41, 5.74) is 0. The predicted molar refractivity (Wildman–Crippen MR) is 81.0 cm³/mol. The zero-order valence-electron chi connectivity index (χ0n) is 12.8. The second-order valence-electron chi connectivity index (χ2n) is 4.08. The van der Waals surface area contributed by atoms with E-state index in [0.29, 0.717) is 7.18 Å². The summed E-state index contributed by atoms with van der Waals surface area (Å²) in [7, 11) is 2.37. The normalized spacial score (nSPS) is 10.4. The first-order chi connectivity index (χ1) is 9.27. The smallest absolute Gasteiger partial charge is 0.0785 e. The fourth-order valence-electron chi connectivity index (χ4n) is 1.34. The molecule has 0 spiro atoms. The maximum atomic E-state index is 9.50. The molecule has 0 aromatic carbocycles. The molecule has 0 saturated carbocycles. The molecule has 0 rings (SSSR count). The molecule has 118 valence electrons. The van der Waals surface area contributed by atoms with E-state index < -0.39 is 0 Å². The molecule has 0 amide bonds. The van der Waals surface area contributed by atoms with E-state index in [-0.39, 0.29) is 0 Å². The number of hydrazine groups is 1. The molecule has 19 heavy (non-hydrogen) atoms. The topological polar surface area (TPSA) is 77.4 Å². The number of halogens is 1. The molecule has 0 aliphatic heterocycles. The van der Waals surface area contributed by atoms with E-state index >= 15 is 0 Å². The van der Waals surface area contributed by atoms with Gasteiger partial charge in [0.25, 0.3) is 0 Å². The summed E-state index contributed by atoms with van der Waals surface area (Å²) in [6.07, 6.45) is 0. The third-order valence-electron chi connectivity index (χ3n) is 2.33. The molecule has 0 saturated heterocycles. The fourth-order valence-corrected chi connectivity index (χ4v) is 1.34. The molecule has 0 radical (unpaired) electrons. The van der Waals surface area contributed by atoms with E-state index in [9.17, 15) is 4.39 Å². The lowest BCUT2D eigenvalue weighted by Gasteiger charge is -2.10. The Hall–Kier alpha value is -0.310. The minimum atomic E-state index is 0.500. The molecular formula is C12H33FN6. The van der Waals surface area contributed by atoms with Crippen LogP contribution in [0.3, 0.4) is 0 Å². The van der Waals surface area contributed by atoms with Gasteiger partial charge in [0.1, 0.15) is 0 Å². The fraction of sp³-hybridized carbons (Fsp3) is 1.00. The second kappa shape index (κ2) is 20.0. The highest BCUT2D eigenvalue weighted by Gasteiger charge is 1.91. The van der Waals surface area contributed by atoms with E-state index in [0.717, 1.165) is 58.9 Å². The largest absolute Gasteiger partial charge is 0.316 e. The first kappa shape index (κ1) is 21.0. The van der Waals surface area contributed by atoms with Crippen LogP contribution in [0, 0.1) is 0 Å². The molecule has 0 aliphatic rings. The molecule has 0 aromatic rings. The monoisotopic (exact) mass is 280 g/mol. The molecule has 0 bridgehead atoms. The van der Waals surface area contributed by atoms with Crippen molar-refractivity contribution < 1.29 is 4.39 Å². The molecule has 0 aromatic heterocycles. The highest BCUT2D eigenvalue weighted by Crippen LogP contribution is 1.66. The minimum Gasteiger partial charge on any atom is -0.316 e. The van der Waals surface area contributed by atoms with Crippen LogP contribution in [-0.2, 0) is 0 Å². The van der Waals surface area contributed by atoms with Crippen molar-refractivity contribution in [3.63, 3.8) is 0 Å². The third kappa shape index (κ3) is 23.2. The van der Waals surface area contributed by atoms with Crippen LogP contribution in [0.5, 0.6) is 0 Å². The first-order valence-electron chi connectivity index (χ1n) is 6.94. The Morgan fingerprint density at radius 1 is 0.789 bits per heavy atom. The Morgan fingerprint density at radius 2 is 1.16 bits per heavy atom. The van der Waals surface area contributed by atoms with Gasteiger partial charge in [-0.1, -0.05) is 6.92 Å². The Kier molecular flexibility index (Phi) is 22.1. The molecule has 0 atom stereocenters. The van der Waals surface area contributed by atoms with Crippen molar-refractivity contribution >= 4 is 0 Å². The Morgan fingerprint density at radius 3 is 1.53 bits per heavy atom. The van der Waals surface area contributed by atoms with Crippen molar-refractivity contribution in [2.24, 2.45) is 5.84 Å². The highest BCUT2D eigenvalue weighted by atomic mass is 19.1. The average molecular weight is 280 g/mol. The van der Waals surface area contributed by atoms with Gasteiger partial charge in [-0.15, -0.1) is 0 Å². The number of nitrogens with two attached hydrogens (primary N) is 1. The molecule has 6 nitrogen and oxygen atoms in total. The lowest BCUT2D eigenvalue weighted by molar-refractivity contribution is 0.345. The van der Waals surface area contributed by atoms with E-state index in [1.165, 1.54) is 0 Å². The van der Waals surface area contributed by atoms with Crippen molar-refractivity contribution in [2.75, 3.05) is 73.1 Å². The number of nitrogens with one attached hydrogen (secondary N) is 4. The number of alkyl halides is 1. The summed E-state index contributed by atoms with van der Waals surface area (Å²) in [6, 6.07) is 0. The van der Waals surface area contributed by atoms with Crippen molar-refractivity contribution in [1.82, 2.24) is 26.3 Å². The average Bonchev–Trinajstić information content (AvgIpc) is 2.42. The predicted octanol–water partition coefficient (Wildman–Crippen LogP) is -1.24. The molecule has 7 heteroatoms. The van der Waals surface area contributed by atoms with Gasteiger partial charge in [0, 0.05) is 59.4 Å². The standard InChI is InChI=1S/C11H30N6.CH3F/c1-3-13-4-5-14-6-7-15-8-9-16-10-11-17(2)12;1-2/h13-16H,3-12H2,1-2H3;1H3.